The lowest BCUT2D eigenvalue weighted by atomic mass is 9.97. The van der Waals surface area contributed by atoms with Crippen molar-refractivity contribution in [2.24, 2.45) is 0 Å². The van der Waals surface area contributed by atoms with Crippen molar-refractivity contribution in [1.29, 1.82) is 0 Å². The molecule has 0 bridgehead atoms. The van der Waals surface area contributed by atoms with E-state index in [0.717, 1.165) is 22.6 Å². The van der Waals surface area contributed by atoms with Gasteiger partial charge in [-0.1, -0.05) is 194 Å². The maximum atomic E-state index is 2.50. The van der Waals surface area contributed by atoms with E-state index < -0.39 is 0 Å². The van der Waals surface area contributed by atoms with Crippen LogP contribution in [-0.2, 0) is 0 Å². The van der Waals surface area contributed by atoms with Gasteiger partial charge in [0.25, 0.3) is 0 Å². The number of hydrogen-bond acceptors (Lipinski definition) is 1. The van der Waals surface area contributed by atoms with Crippen molar-refractivity contribution < 1.29 is 0 Å². The zero-order valence-electron chi connectivity index (χ0n) is 31.8. The van der Waals surface area contributed by atoms with Crippen molar-refractivity contribution in [2.75, 3.05) is 4.90 Å². The summed E-state index contributed by atoms with van der Waals surface area (Å²) in [5, 5.41) is 7.37. The Morgan fingerprint density at radius 2 is 0.828 bits per heavy atom. The zero-order chi connectivity index (χ0) is 38.4. The van der Waals surface area contributed by atoms with Crippen molar-refractivity contribution in [3.05, 3.63) is 231 Å². The lowest BCUT2D eigenvalue weighted by molar-refractivity contribution is 1.19. The molecule has 0 atom stereocenters. The highest BCUT2D eigenvalue weighted by molar-refractivity contribution is 6.13. The summed E-state index contributed by atoms with van der Waals surface area (Å²) in [5.41, 5.74) is 14.0. The van der Waals surface area contributed by atoms with Crippen molar-refractivity contribution in [1.82, 2.24) is 4.57 Å². The number of para-hydroxylation sites is 2. The van der Waals surface area contributed by atoms with Gasteiger partial charge in [-0.25, -0.2) is 0 Å². The number of hydrogen-bond donors (Lipinski definition) is 0. The molecule has 0 radical (unpaired) electrons. The molecule has 0 amide bonds. The van der Waals surface area contributed by atoms with Gasteiger partial charge in [0.2, 0.25) is 0 Å². The van der Waals surface area contributed by atoms with Gasteiger partial charge in [-0.15, -0.1) is 0 Å². The monoisotopic (exact) mass is 738 g/mol. The molecule has 11 aromatic rings. The highest BCUT2D eigenvalue weighted by Crippen LogP contribution is 2.45. The van der Waals surface area contributed by atoms with Crippen LogP contribution >= 0.6 is 0 Å². The van der Waals surface area contributed by atoms with E-state index in [4.69, 9.17) is 0 Å². The van der Waals surface area contributed by atoms with Crippen LogP contribution in [0.1, 0.15) is 0 Å². The van der Waals surface area contributed by atoms with Gasteiger partial charge < -0.3 is 9.47 Å². The molecular formula is C56H38N2. The molecule has 0 spiro atoms. The van der Waals surface area contributed by atoms with Crippen molar-refractivity contribution >= 4 is 60.4 Å². The molecule has 2 heteroatoms. The lowest BCUT2D eigenvalue weighted by Gasteiger charge is -2.28. The number of aromatic nitrogens is 1. The first kappa shape index (κ1) is 33.6. The summed E-state index contributed by atoms with van der Waals surface area (Å²) in [4.78, 5) is 2.43. The number of anilines is 3. The first-order valence-electron chi connectivity index (χ1n) is 19.9. The molecule has 0 fully saturated rings. The normalized spacial score (nSPS) is 11.4. The third kappa shape index (κ3) is 5.66. The second-order valence-corrected chi connectivity index (χ2v) is 14.9. The minimum atomic E-state index is 1.08. The lowest BCUT2D eigenvalue weighted by Crippen LogP contribution is -2.11. The second kappa shape index (κ2) is 14.1. The van der Waals surface area contributed by atoms with Crippen LogP contribution < -0.4 is 4.90 Å². The molecule has 2 nitrogen and oxygen atoms in total. The Bertz CT molecular complexity index is 3260. The van der Waals surface area contributed by atoms with E-state index in [1.165, 1.54) is 76.9 Å². The van der Waals surface area contributed by atoms with E-state index in [1.54, 1.807) is 0 Å². The maximum Gasteiger partial charge on any atom is 0.0618 e. The van der Waals surface area contributed by atoms with Crippen LogP contribution in [0.5, 0.6) is 0 Å². The predicted molar refractivity (Wildman–Crippen MR) is 247 cm³/mol. The highest BCUT2D eigenvalue weighted by atomic mass is 15.1. The molecule has 1 heterocycles. The molecule has 0 saturated carbocycles. The first-order chi connectivity index (χ1) is 28.8. The Labute approximate surface area is 338 Å². The molecule has 0 N–H and O–H groups in total. The van der Waals surface area contributed by atoms with Gasteiger partial charge in [-0.2, -0.15) is 0 Å². The molecule has 1 aromatic heterocycles. The number of fused-ring (bicyclic) bond motifs is 5. The zero-order valence-corrected chi connectivity index (χ0v) is 31.8. The minimum absolute atomic E-state index is 1.08. The van der Waals surface area contributed by atoms with Crippen LogP contribution in [0.3, 0.4) is 0 Å². The maximum absolute atomic E-state index is 2.50. The van der Waals surface area contributed by atoms with Crippen LogP contribution in [-0.4, -0.2) is 4.57 Å². The van der Waals surface area contributed by atoms with Crippen molar-refractivity contribution in [3.8, 4) is 39.1 Å². The van der Waals surface area contributed by atoms with Gasteiger partial charge in [-0.3, -0.25) is 0 Å². The Kier molecular flexibility index (Phi) is 8.19. The quantitative estimate of drug-likeness (QED) is 0.158. The summed E-state index contributed by atoms with van der Waals surface area (Å²) in [6, 6.07) is 83.7. The van der Waals surface area contributed by atoms with Crippen LogP contribution in [0, 0.1) is 0 Å². The summed E-state index contributed by atoms with van der Waals surface area (Å²) in [6.45, 7) is 0. The molecule has 0 unspecified atom stereocenters. The Morgan fingerprint density at radius 1 is 0.293 bits per heavy atom. The van der Waals surface area contributed by atoms with Crippen molar-refractivity contribution in [2.45, 2.75) is 0 Å². The summed E-state index contributed by atoms with van der Waals surface area (Å²) in [6.07, 6.45) is 0. The first-order valence-corrected chi connectivity index (χ1v) is 19.9. The fourth-order valence-corrected chi connectivity index (χ4v) is 8.91. The average Bonchev–Trinajstić information content (AvgIpc) is 3.63. The Balaban J connectivity index is 1.17. The Hall–Kier alpha value is -7.68. The molecular weight excluding hydrogens is 701 g/mol. The van der Waals surface area contributed by atoms with Gasteiger partial charge >= 0.3 is 0 Å². The highest BCUT2D eigenvalue weighted by Gasteiger charge is 2.22. The van der Waals surface area contributed by atoms with E-state index in [-0.39, 0.29) is 0 Å². The SMILES string of the molecule is c1ccc(-c2ccccc2N(c2ccc(-c3cccc4ccccc34)cc2)c2ccc3c4ccccc4n(-c4c(-c5ccccc5)ccc5ccccc45)c3c2)cc1. The standard InChI is InChI=1S/C56H38N2/c1-3-16-40(17-4-1)48-24-11-13-28-53(48)57(44-33-30-43(31-34-44)47-27-15-22-39-20-7-9-23-46(39)47)45-35-37-52-51-26-12-14-29-54(51)58(55(52)38-45)56-49-25-10-8-21-42(49)32-36-50(56)41-18-5-2-6-19-41/h1-38H. The summed E-state index contributed by atoms with van der Waals surface area (Å²) < 4.78 is 2.50. The van der Waals surface area contributed by atoms with Gasteiger partial charge in [0.1, 0.15) is 0 Å². The smallest absolute Gasteiger partial charge is 0.0618 e. The number of rotatable bonds is 7. The summed E-state index contributed by atoms with van der Waals surface area (Å²) in [5.74, 6) is 0. The molecule has 0 aliphatic heterocycles. The van der Waals surface area contributed by atoms with E-state index in [9.17, 15) is 0 Å². The Morgan fingerprint density at radius 3 is 1.60 bits per heavy atom. The van der Waals surface area contributed by atoms with Crippen LogP contribution in [0.25, 0.3) is 82.4 Å². The summed E-state index contributed by atoms with van der Waals surface area (Å²) >= 11 is 0. The largest absolute Gasteiger partial charge is 0.310 e. The molecule has 0 saturated heterocycles. The molecule has 11 rings (SSSR count). The summed E-state index contributed by atoms with van der Waals surface area (Å²) in [7, 11) is 0. The third-order valence-electron chi connectivity index (χ3n) is 11.6. The molecule has 58 heavy (non-hydrogen) atoms. The van der Waals surface area contributed by atoms with Gasteiger partial charge in [0, 0.05) is 38.7 Å². The molecule has 0 aliphatic rings. The third-order valence-corrected chi connectivity index (χ3v) is 11.6. The van der Waals surface area contributed by atoms with Gasteiger partial charge in [0.15, 0.2) is 0 Å². The van der Waals surface area contributed by atoms with E-state index >= 15 is 0 Å². The average molecular weight is 739 g/mol. The predicted octanol–water partition coefficient (Wildman–Crippen LogP) is 15.6. The van der Waals surface area contributed by atoms with Crippen LogP contribution in [0.2, 0.25) is 0 Å². The fraction of sp³-hybridized carbons (Fsp3) is 0. The van der Waals surface area contributed by atoms with E-state index in [2.05, 4.69) is 240 Å². The molecule has 10 aromatic carbocycles. The molecule has 0 aliphatic carbocycles. The van der Waals surface area contributed by atoms with E-state index in [1.807, 2.05) is 0 Å². The van der Waals surface area contributed by atoms with E-state index in [0.29, 0.717) is 0 Å². The minimum Gasteiger partial charge on any atom is -0.310 e. The van der Waals surface area contributed by atoms with Crippen LogP contribution in [0.15, 0.2) is 231 Å². The van der Waals surface area contributed by atoms with Crippen molar-refractivity contribution in [3.63, 3.8) is 0 Å². The topological polar surface area (TPSA) is 8.17 Å². The van der Waals surface area contributed by atoms with Gasteiger partial charge in [0.05, 0.1) is 22.4 Å². The number of nitrogens with zero attached hydrogens (tertiary/aromatic N) is 2. The fourth-order valence-electron chi connectivity index (χ4n) is 8.91. The second-order valence-electron chi connectivity index (χ2n) is 14.9. The van der Waals surface area contributed by atoms with Crippen LogP contribution in [0.4, 0.5) is 17.1 Å². The molecule has 272 valence electrons. The van der Waals surface area contributed by atoms with Gasteiger partial charge in [-0.05, 0) is 74.8 Å². The number of benzene rings is 10.